The second-order valence-electron chi connectivity index (χ2n) is 2.52. The predicted molar refractivity (Wildman–Crippen MR) is 52.2 cm³/mol. The van der Waals surface area contributed by atoms with E-state index < -0.39 is 0 Å². The highest BCUT2D eigenvalue weighted by Crippen LogP contribution is 2.15. The van der Waals surface area contributed by atoms with Crippen LogP contribution in [0.15, 0.2) is 28.5 Å². The van der Waals surface area contributed by atoms with Gasteiger partial charge in [0, 0.05) is 12.4 Å². The number of fused-ring (bicyclic) bond motifs is 1. The van der Waals surface area contributed by atoms with Gasteiger partial charge >= 0.3 is 0 Å². The number of H-pyrrole nitrogens is 1. The number of imidazole rings is 1. The summed E-state index contributed by atoms with van der Waals surface area (Å²) in [6, 6.07) is 0. The highest BCUT2D eigenvalue weighted by molar-refractivity contribution is 7.99. The van der Waals surface area contributed by atoms with Gasteiger partial charge in [-0.1, -0.05) is 18.7 Å². The highest BCUT2D eigenvalue weighted by atomic mass is 32.2. The first-order valence-corrected chi connectivity index (χ1v) is 4.99. The Balaban J connectivity index is 2.68. The monoisotopic (exact) mass is 195 g/mol. The summed E-state index contributed by atoms with van der Waals surface area (Å²) in [5.41, 5.74) is 0.497. The van der Waals surface area contributed by atoms with Gasteiger partial charge in [0.05, 0.1) is 6.20 Å². The van der Waals surface area contributed by atoms with Gasteiger partial charge in [0.1, 0.15) is 5.52 Å². The summed E-state index contributed by atoms with van der Waals surface area (Å²) in [6.07, 6.45) is 5.02. The van der Waals surface area contributed by atoms with E-state index in [-0.39, 0.29) is 5.56 Å². The van der Waals surface area contributed by atoms with Crippen LogP contribution in [0.25, 0.3) is 5.52 Å². The molecule has 68 valence electrons. The van der Waals surface area contributed by atoms with E-state index in [0.29, 0.717) is 5.52 Å². The third-order valence-corrected chi connectivity index (χ3v) is 2.56. The lowest BCUT2D eigenvalue weighted by Gasteiger charge is -1.96. The smallest absolute Gasteiger partial charge is 0.273 e. The molecule has 0 saturated carbocycles. The predicted octanol–water partition coefficient (Wildman–Crippen LogP) is 1.13. The third kappa shape index (κ3) is 1.35. The maximum Gasteiger partial charge on any atom is 0.273 e. The minimum absolute atomic E-state index is 0.0991. The lowest BCUT2D eigenvalue weighted by atomic mass is 10.6. The van der Waals surface area contributed by atoms with Crippen molar-refractivity contribution in [1.82, 2.24) is 14.4 Å². The van der Waals surface area contributed by atoms with Gasteiger partial charge in [0.2, 0.25) is 0 Å². The van der Waals surface area contributed by atoms with Crippen LogP contribution in [-0.2, 0) is 0 Å². The molecule has 0 amide bonds. The van der Waals surface area contributed by atoms with Crippen molar-refractivity contribution in [3.05, 3.63) is 28.9 Å². The van der Waals surface area contributed by atoms with Gasteiger partial charge in [0.15, 0.2) is 5.16 Å². The zero-order valence-corrected chi connectivity index (χ0v) is 7.97. The van der Waals surface area contributed by atoms with Crippen LogP contribution in [0.2, 0.25) is 0 Å². The van der Waals surface area contributed by atoms with E-state index in [1.807, 2.05) is 6.20 Å². The Kier molecular flexibility index (Phi) is 2.10. The number of nitrogens with zero attached hydrogens (tertiary/aromatic N) is 2. The number of aromatic nitrogens is 3. The van der Waals surface area contributed by atoms with Crippen molar-refractivity contribution < 1.29 is 0 Å². The van der Waals surface area contributed by atoms with Gasteiger partial charge in [-0.25, -0.2) is 4.98 Å². The van der Waals surface area contributed by atoms with Crippen LogP contribution in [0.4, 0.5) is 0 Å². The normalized spacial score (nSPS) is 10.8. The highest BCUT2D eigenvalue weighted by Gasteiger charge is 2.04. The number of hydrogen-bond donors (Lipinski definition) is 1. The van der Waals surface area contributed by atoms with E-state index in [1.54, 1.807) is 28.6 Å². The van der Waals surface area contributed by atoms with Crippen LogP contribution in [0.1, 0.15) is 6.92 Å². The Bertz CT molecular complexity index is 473. The summed E-state index contributed by atoms with van der Waals surface area (Å²) in [5.74, 6) is 0.950. The van der Waals surface area contributed by atoms with Crippen molar-refractivity contribution in [2.75, 3.05) is 5.75 Å². The van der Waals surface area contributed by atoms with Crippen molar-refractivity contribution in [3.8, 4) is 0 Å². The van der Waals surface area contributed by atoms with Crippen molar-refractivity contribution in [1.29, 1.82) is 0 Å². The van der Waals surface area contributed by atoms with Crippen molar-refractivity contribution >= 4 is 17.3 Å². The average Bonchev–Trinajstić information content (AvgIpc) is 2.51. The minimum atomic E-state index is -0.0991. The molecule has 0 unspecified atom stereocenters. The number of aromatic amines is 1. The molecular weight excluding hydrogens is 186 g/mol. The molecular formula is C8H9N3OS. The van der Waals surface area contributed by atoms with Crippen LogP contribution in [0, 0.1) is 0 Å². The van der Waals surface area contributed by atoms with Gasteiger partial charge < -0.3 is 4.98 Å². The summed E-state index contributed by atoms with van der Waals surface area (Å²) in [6.45, 7) is 2.05. The molecule has 0 bridgehead atoms. The van der Waals surface area contributed by atoms with E-state index in [9.17, 15) is 4.79 Å². The molecule has 0 aromatic carbocycles. The standard InChI is InChI=1S/C8H9N3OS/c1-2-13-8-10-5-6-7(12)9-3-4-11(6)8/h3-5H,2H2,1H3,(H,9,12). The molecule has 2 aromatic heterocycles. The molecule has 0 radical (unpaired) electrons. The van der Waals surface area contributed by atoms with E-state index in [0.717, 1.165) is 10.9 Å². The molecule has 0 aliphatic carbocycles. The van der Waals surface area contributed by atoms with Crippen LogP contribution < -0.4 is 5.56 Å². The first-order chi connectivity index (χ1) is 6.33. The topological polar surface area (TPSA) is 50.2 Å². The molecule has 0 atom stereocenters. The molecule has 2 rings (SSSR count). The van der Waals surface area contributed by atoms with E-state index in [1.165, 1.54) is 0 Å². The third-order valence-electron chi connectivity index (χ3n) is 1.71. The molecule has 0 saturated heterocycles. The Morgan fingerprint density at radius 3 is 3.31 bits per heavy atom. The van der Waals surface area contributed by atoms with Crippen molar-refractivity contribution in [3.63, 3.8) is 0 Å². The molecule has 0 fully saturated rings. The first-order valence-electron chi connectivity index (χ1n) is 4.00. The Hall–Kier alpha value is -1.23. The van der Waals surface area contributed by atoms with Crippen LogP contribution in [0.3, 0.4) is 0 Å². The maximum absolute atomic E-state index is 11.3. The summed E-state index contributed by atoms with van der Waals surface area (Å²) >= 11 is 1.62. The van der Waals surface area contributed by atoms with Gasteiger partial charge in [-0.15, -0.1) is 0 Å². The SMILES string of the molecule is CCSc1ncc2c(=O)[nH]ccn12. The molecule has 2 aromatic rings. The van der Waals surface area contributed by atoms with Crippen LogP contribution in [0.5, 0.6) is 0 Å². The second-order valence-corrected chi connectivity index (χ2v) is 3.75. The summed E-state index contributed by atoms with van der Waals surface area (Å²) in [4.78, 5) is 18.0. The molecule has 13 heavy (non-hydrogen) atoms. The Labute approximate surface area is 79.0 Å². The molecule has 0 aliphatic rings. The van der Waals surface area contributed by atoms with Gasteiger partial charge in [0.25, 0.3) is 5.56 Å². The zero-order chi connectivity index (χ0) is 9.26. The van der Waals surface area contributed by atoms with Gasteiger partial charge in [-0.3, -0.25) is 9.20 Å². The quantitative estimate of drug-likeness (QED) is 0.731. The summed E-state index contributed by atoms with van der Waals surface area (Å²) in [5, 5.41) is 0.864. The average molecular weight is 195 g/mol. The van der Waals surface area contributed by atoms with Crippen molar-refractivity contribution in [2.24, 2.45) is 0 Å². The summed E-state index contributed by atoms with van der Waals surface area (Å²) in [7, 11) is 0. The molecule has 5 heteroatoms. The largest absolute Gasteiger partial charge is 0.326 e. The van der Waals surface area contributed by atoms with Crippen LogP contribution in [-0.4, -0.2) is 20.1 Å². The van der Waals surface area contributed by atoms with E-state index in [2.05, 4.69) is 16.9 Å². The molecule has 0 spiro atoms. The first kappa shape index (κ1) is 8.37. The lowest BCUT2D eigenvalue weighted by molar-refractivity contribution is 0.940. The van der Waals surface area contributed by atoms with E-state index in [4.69, 9.17) is 0 Å². The van der Waals surface area contributed by atoms with Gasteiger partial charge in [-0.05, 0) is 5.75 Å². The maximum atomic E-state index is 11.3. The lowest BCUT2D eigenvalue weighted by Crippen LogP contribution is -2.07. The number of rotatable bonds is 2. The fourth-order valence-electron chi connectivity index (χ4n) is 1.15. The fraction of sp³-hybridized carbons (Fsp3) is 0.250. The fourth-order valence-corrected chi connectivity index (χ4v) is 1.84. The van der Waals surface area contributed by atoms with E-state index >= 15 is 0 Å². The summed E-state index contributed by atoms with van der Waals surface area (Å²) < 4.78 is 1.80. The molecule has 0 aliphatic heterocycles. The zero-order valence-electron chi connectivity index (χ0n) is 7.15. The molecule has 4 nitrogen and oxygen atoms in total. The molecule has 2 heterocycles. The van der Waals surface area contributed by atoms with Crippen LogP contribution >= 0.6 is 11.8 Å². The number of thioether (sulfide) groups is 1. The second kappa shape index (κ2) is 3.26. The minimum Gasteiger partial charge on any atom is -0.326 e. The molecule has 1 N–H and O–H groups in total. The van der Waals surface area contributed by atoms with Crippen molar-refractivity contribution in [2.45, 2.75) is 12.1 Å². The van der Waals surface area contributed by atoms with Gasteiger partial charge in [-0.2, -0.15) is 0 Å². The Morgan fingerprint density at radius 1 is 1.69 bits per heavy atom. The number of hydrogen-bond acceptors (Lipinski definition) is 3. The Morgan fingerprint density at radius 2 is 2.54 bits per heavy atom. The number of nitrogens with one attached hydrogen (secondary N) is 1.